The van der Waals surface area contributed by atoms with E-state index < -0.39 is 72.1 Å². The quantitative estimate of drug-likeness (QED) is 0.0467. The predicted octanol–water partition coefficient (Wildman–Crippen LogP) is 6.29. The van der Waals surface area contributed by atoms with Crippen LogP contribution >= 0.6 is 7.60 Å². The molecule has 24 heteroatoms. The smallest absolute Gasteiger partial charge is 0.346 e. The number of hydrogen-bond acceptors (Lipinski definition) is 16. The van der Waals surface area contributed by atoms with Gasteiger partial charge in [0.15, 0.2) is 38.4 Å². The zero-order valence-corrected chi connectivity index (χ0v) is 38.3. The molecule has 0 spiro atoms. The number of nitrogens with one attached hydrogen (secondary N) is 3. The number of nitrogens with two attached hydrogens (primary N) is 2. The highest BCUT2D eigenvalue weighted by Crippen LogP contribution is 2.50. The number of halogens is 2. The molecule has 2 heterocycles. The molecule has 0 saturated heterocycles. The Hall–Kier alpha value is -7.04. The van der Waals surface area contributed by atoms with E-state index >= 15 is 4.39 Å². The Morgan fingerprint density at radius 3 is 1.69 bits per heavy atom. The third-order valence-electron chi connectivity index (χ3n) is 9.46. The molecule has 19 nitrogen and oxygen atoms in total. The predicted molar refractivity (Wildman–Crippen MR) is 244 cm³/mol. The Bertz CT molecular complexity index is 3150. The van der Waals surface area contributed by atoms with Gasteiger partial charge in [-0.15, -0.1) is 0 Å². The number of anilines is 4. The number of aryl methyl sites for hydroxylation is 2. The van der Waals surface area contributed by atoms with Gasteiger partial charge in [0, 0.05) is 29.4 Å². The van der Waals surface area contributed by atoms with E-state index in [1.165, 1.54) is 19.3 Å². The van der Waals surface area contributed by atoms with Crippen molar-refractivity contribution in [1.29, 1.82) is 0 Å². The SMILES string of the molecule is CCOP(=O)(CS(=O)(=O)c1ccc(NC(=O)c2nc(-c3ccc(C)cc3)cnc2N)cc1F)OCCCc1ccc(-c2cnc(N)c(C(=O)Nc3ccc(S(=O)(=O)NC(C)=O)c(F)c3)n2)cc1. The number of carbonyl (C=O) groups excluding carboxylic acids is 3. The van der Waals surface area contributed by atoms with Crippen LogP contribution in [-0.4, -0.2) is 73.2 Å². The van der Waals surface area contributed by atoms with Crippen LogP contribution in [0.1, 0.15) is 52.4 Å². The maximum absolute atomic E-state index is 15.4. The minimum atomic E-state index is -4.61. The van der Waals surface area contributed by atoms with Gasteiger partial charge in [0.25, 0.3) is 21.8 Å². The largest absolute Gasteiger partial charge is 0.382 e. The van der Waals surface area contributed by atoms with Gasteiger partial charge in [-0.25, -0.2) is 50.3 Å². The number of benzene rings is 4. The van der Waals surface area contributed by atoms with E-state index in [9.17, 15) is 40.2 Å². The fourth-order valence-corrected chi connectivity index (χ4v) is 11.7. The van der Waals surface area contributed by atoms with Crippen molar-refractivity contribution < 1.29 is 53.6 Å². The number of amides is 3. The highest BCUT2D eigenvalue weighted by Gasteiger charge is 2.35. The molecule has 67 heavy (non-hydrogen) atoms. The van der Waals surface area contributed by atoms with Crippen molar-refractivity contribution in [2.24, 2.45) is 0 Å². The molecule has 350 valence electrons. The molecule has 1 unspecified atom stereocenters. The number of rotatable bonds is 18. The molecule has 1 atom stereocenters. The molecule has 0 aliphatic rings. The van der Waals surface area contributed by atoms with Crippen molar-refractivity contribution in [3.05, 3.63) is 131 Å². The Labute approximate surface area is 383 Å². The van der Waals surface area contributed by atoms with Crippen LogP contribution in [-0.2, 0) is 44.7 Å². The van der Waals surface area contributed by atoms with Gasteiger partial charge in [-0.1, -0.05) is 54.1 Å². The first kappa shape index (κ1) is 49.4. The standard InChI is InChI=1S/C43H42F2N9O10PS2/c1-4-63-65(58,24-66(59,60)36-17-15-30(20-32(36)44)50-42(56)38-40(46)48-22-34(52-38)28-11-7-25(2)8-12-28)64-19-5-6-27-9-13-29(14-10-27)35-23-49-41(47)39(53-35)43(57)51-31-16-18-37(33(45)21-31)67(61,62)54-26(3)55/h7-18,20-23H,4-6,19,24H2,1-3H3,(H2,46,48)(H2,47,49)(H,50,56)(H,51,57)(H,54,55). The molecule has 7 N–H and O–H groups in total. The molecule has 0 radical (unpaired) electrons. The highest BCUT2D eigenvalue weighted by molar-refractivity contribution is 7.97. The zero-order chi connectivity index (χ0) is 48.7. The van der Waals surface area contributed by atoms with Gasteiger partial charge in [0.1, 0.15) is 21.4 Å². The zero-order valence-electron chi connectivity index (χ0n) is 35.8. The van der Waals surface area contributed by atoms with Crippen molar-refractivity contribution in [1.82, 2.24) is 24.7 Å². The Morgan fingerprint density at radius 1 is 0.716 bits per heavy atom. The average Bonchev–Trinajstić information content (AvgIpc) is 3.25. The number of sulfonamides is 1. The summed E-state index contributed by atoms with van der Waals surface area (Å²) in [6.45, 7) is 3.99. The summed E-state index contributed by atoms with van der Waals surface area (Å²) in [4.78, 5) is 52.5. The highest BCUT2D eigenvalue weighted by atomic mass is 32.2. The van der Waals surface area contributed by atoms with Gasteiger partial charge in [0.05, 0.1) is 37.0 Å². The molecular weight excluding hydrogens is 936 g/mol. The lowest BCUT2D eigenvalue weighted by molar-refractivity contribution is -0.117. The molecule has 6 rings (SSSR count). The number of sulfone groups is 1. The first-order chi connectivity index (χ1) is 31.7. The molecule has 0 saturated carbocycles. The minimum absolute atomic E-state index is 0.113. The molecule has 4 aromatic carbocycles. The van der Waals surface area contributed by atoms with E-state index in [0.29, 0.717) is 23.2 Å². The second kappa shape index (κ2) is 20.6. The van der Waals surface area contributed by atoms with Crippen molar-refractivity contribution in [3.63, 3.8) is 0 Å². The lowest BCUT2D eigenvalue weighted by Crippen LogP contribution is -2.29. The van der Waals surface area contributed by atoms with Crippen molar-refractivity contribution in [3.8, 4) is 22.5 Å². The number of carbonyl (C=O) groups is 3. The summed E-state index contributed by atoms with van der Waals surface area (Å²) in [7, 11) is -13.4. The topological polar surface area (TPSA) is 295 Å². The summed E-state index contributed by atoms with van der Waals surface area (Å²) in [6.07, 6.45) is 3.36. The Kier molecular flexibility index (Phi) is 15.2. The summed E-state index contributed by atoms with van der Waals surface area (Å²) in [5.74, 6) is -5.51. The summed E-state index contributed by atoms with van der Waals surface area (Å²) >= 11 is 0. The van der Waals surface area contributed by atoms with Gasteiger partial charge in [0.2, 0.25) is 5.91 Å². The van der Waals surface area contributed by atoms with Crippen LogP contribution in [0.2, 0.25) is 0 Å². The van der Waals surface area contributed by atoms with Crippen LogP contribution in [0.5, 0.6) is 0 Å². The average molecular weight is 978 g/mol. The van der Waals surface area contributed by atoms with E-state index in [4.69, 9.17) is 20.5 Å². The number of nitrogens with zero attached hydrogens (tertiary/aromatic N) is 4. The number of aromatic nitrogens is 4. The van der Waals surface area contributed by atoms with E-state index in [-0.39, 0.29) is 59.7 Å². The van der Waals surface area contributed by atoms with E-state index in [1.807, 2.05) is 19.1 Å². The normalized spacial score (nSPS) is 12.5. The van der Waals surface area contributed by atoms with Crippen LogP contribution in [0.15, 0.2) is 107 Å². The third kappa shape index (κ3) is 12.4. The number of hydrogen-bond donors (Lipinski definition) is 5. The second-order valence-electron chi connectivity index (χ2n) is 14.6. The van der Waals surface area contributed by atoms with Crippen molar-refractivity contribution >= 4 is 68.2 Å². The van der Waals surface area contributed by atoms with E-state index in [2.05, 4.69) is 30.6 Å². The van der Waals surface area contributed by atoms with Gasteiger partial charge in [-0.2, -0.15) is 0 Å². The summed E-state index contributed by atoms with van der Waals surface area (Å²) in [6, 6.07) is 19.7. The van der Waals surface area contributed by atoms with E-state index in [1.54, 1.807) is 41.1 Å². The maximum Gasteiger partial charge on any atom is 0.346 e. The Balaban J connectivity index is 1.04. The van der Waals surface area contributed by atoms with Crippen LogP contribution < -0.4 is 26.8 Å². The fraction of sp³-hybridized carbons (Fsp3) is 0.186. The molecule has 0 bridgehead atoms. The third-order valence-corrected chi connectivity index (χ3v) is 15.8. The molecule has 6 aromatic rings. The summed E-state index contributed by atoms with van der Waals surface area (Å²) < 4.78 is 107. The van der Waals surface area contributed by atoms with Gasteiger partial charge >= 0.3 is 7.60 Å². The van der Waals surface area contributed by atoms with Gasteiger partial charge < -0.3 is 31.1 Å². The van der Waals surface area contributed by atoms with Gasteiger partial charge in [-0.05, 0) is 68.7 Å². The number of nitrogen functional groups attached to an aromatic ring is 2. The molecule has 2 aromatic heterocycles. The first-order valence-corrected chi connectivity index (χ1v) is 24.8. The fourth-order valence-electron chi connectivity index (χ4n) is 6.29. The van der Waals surface area contributed by atoms with Gasteiger partial charge in [-0.3, -0.25) is 18.9 Å². The van der Waals surface area contributed by atoms with Crippen molar-refractivity contribution in [2.45, 2.75) is 43.4 Å². The Morgan fingerprint density at radius 2 is 1.21 bits per heavy atom. The summed E-state index contributed by atoms with van der Waals surface area (Å²) in [5.41, 5.74) is 13.5. The minimum Gasteiger partial charge on any atom is -0.382 e. The van der Waals surface area contributed by atoms with Crippen LogP contribution in [0.3, 0.4) is 0 Å². The molecule has 0 aliphatic carbocycles. The molecule has 3 amide bonds. The maximum atomic E-state index is 15.4. The van der Waals surface area contributed by atoms with Crippen LogP contribution in [0.4, 0.5) is 31.8 Å². The lowest BCUT2D eigenvalue weighted by atomic mass is 10.1. The monoisotopic (exact) mass is 977 g/mol. The molecular formula is C43H42F2N9O10PS2. The van der Waals surface area contributed by atoms with Crippen molar-refractivity contribution in [2.75, 3.05) is 40.8 Å². The first-order valence-electron chi connectivity index (χ1n) is 19.9. The lowest BCUT2D eigenvalue weighted by Gasteiger charge is -2.18. The molecule has 0 aliphatic heterocycles. The second-order valence-corrected chi connectivity index (χ2v) is 20.7. The summed E-state index contributed by atoms with van der Waals surface area (Å²) in [5, 5.41) is 4.83. The van der Waals surface area contributed by atoms with Crippen LogP contribution in [0.25, 0.3) is 22.5 Å². The molecule has 0 fully saturated rings. The van der Waals surface area contributed by atoms with Crippen LogP contribution in [0, 0.1) is 18.6 Å². The van der Waals surface area contributed by atoms with E-state index in [0.717, 1.165) is 54.4 Å².